The molecule has 0 aromatic heterocycles. The van der Waals surface area contributed by atoms with E-state index in [0.717, 1.165) is 12.1 Å². The quantitative estimate of drug-likeness (QED) is 0.713. The van der Waals surface area contributed by atoms with Crippen LogP contribution in [0.15, 0.2) is 16.6 Å². The molecule has 0 radical (unpaired) electrons. The van der Waals surface area contributed by atoms with Crippen molar-refractivity contribution in [1.29, 1.82) is 0 Å². The van der Waals surface area contributed by atoms with E-state index in [1.165, 1.54) is 19.0 Å². The third-order valence-electron chi connectivity index (χ3n) is 1.64. The molecule has 1 aromatic rings. The van der Waals surface area contributed by atoms with Gasteiger partial charge in [0, 0.05) is 19.7 Å². The van der Waals surface area contributed by atoms with Crippen molar-refractivity contribution >= 4 is 21.8 Å². The molecule has 0 aliphatic carbocycles. The minimum Gasteiger partial charge on any atom is -0.345 e. The highest BCUT2D eigenvalue weighted by Crippen LogP contribution is 2.21. The van der Waals surface area contributed by atoms with E-state index in [1.807, 2.05) is 0 Å². The Labute approximate surface area is 88.6 Å². The number of nitrogens with zero attached hydrogens (tertiary/aromatic N) is 1. The van der Waals surface area contributed by atoms with Gasteiger partial charge < -0.3 is 4.90 Å². The van der Waals surface area contributed by atoms with Gasteiger partial charge in [-0.25, -0.2) is 8.78 Å². The molecule has 2 nitrogen and oxygen atoms in total. The van der Waals surface area contributed by atoms with E-state index >= 15 is 0 Å². The molecule has 14 heavy (non-hydrogen) atoms. The largest absolute Gasteiger partial charge is 0.345 e. The SMILES string of the molecule is CN(C)C(=O)c1cc(F)c(Br)c(F)c1. The zero-order chi connectivity index (χ0) is 10.9. The molecule has 0 fully saturated rings. The van der Waals surface area contributed by atoms with Gasteiger partial charge in [0.2, 0.25) is 0 Å². The second-order valence-corrected chi connectivity index (χ2v) is 3.75. The van der Waals surface area contributed by atoms with Crippen molar-refractivity contribution < 1.29 is 13.6 Å². The van der Waals surface area contributed by atoms with Crippen LogP contribution in [0.1, 0.15) is 10.4 Å². The molecule has 0 unspecified atom stereocenters. The average Bonchev–Trinajstić information content (AvgIpc) is 2.12. The van der Waals surface area contributed by atoms with Crippen molar-refractivity contribution in [3.05, 3.63) is 33.8 Å². The number of hydrogen-bond donors (Lipinski definition) is 0. The average molecular weight is 264 g/mol. The fourth-order valence-corrected chi connectivity index (χ4v) is 1.17. The molecule has 0 aliphatic heterocycles. The summed E-state index contributed by atoms with van der Waals surface area (Å²) in [5.41, 5.74) is -0.00630. The van der Waals surface area contributed by atoms with Gasteiger partial charge in [0.25, 0.3) is 5.91 Å². The zero-order valence-electron chi connectivity index (χ0n) is 7.64. The highest BCUT2D eigenvalue weighted by Gasteiger charge is 2.14. The molecule has 0 N–H and O–H groups in total. The molecule has 0 atom stereocenters. The Morgan fingerprint density at radius 2 is 1.71 bits per heavy atom. The van der Waals surface area contributed by atoms with Crippen LogP contribution in [0.25, 0.3) is 0 Å². The van der Waals surface area contributed by atoms with Crippen molar-refractivity contribution in [3.8, 4) is 0 Å². The van der Waals surface area contributed by atoms with Crippen LogP contribution in [0.3, 0.4) is 0 Å². The first-order valence-corrected chi connectivity index (χ1v) is 4.59. The first-order chi connectivity index (χ1) is 6.43. The van der Waals surface area contributed by atoms with Gasteiger partial charge in [-0.15, -0.1) is 0 Å². The van der Waals surface area contributed by atoms with Crippen LogP contribution < -0.4 is 0 Å². The van der Waals surface area contributed by atoms with Crippen molar-refractivity contribution in [2.45, 2.75) is 0 Å². The molecule has 0 bridgehead atoms. The monoisotopic (exact) mass is 263 g/mol. The normalized spacial score (nSPS) is 10.1. The minimum atomic E-state index is -0.782. The van der Waals surface area contributed by atoms with Gasteiger partial charge in [0.1, 0.15) is 11.6 Å². The lowest BCUT2D eigenvalue weighted by Crippen LogP contribution is -2.22. The van der Waals surface area contributed by atoms with E-state index in [2.05, 4.69) is 15.9 Å². The maximum absolute atomic E-state index is 13.0. The van der Waals surface area contributed by atoms with Crippen LogP contribution in [0, 0.1) is 11.6 Å². The molecule has 1 aromatic carbocycles. The number of carbonyl (C=O) groups excluding carboxylic acids is 1. The fraction of sp³-hybridized carbons (Fsp3) is 0.222. The van der Waals surface area contributed by atoms with Crippen molar-refractivity contribution in [2.24, 2.45) is 0 Å². The van der Waals surface area contributed by atoms with Crippen molar-refractivity contribution in [1.82, 2.24) is 4.90 Å². The maximum Gasteiger partial charge on any atom is 0.253 e. The summed E-state index contributed by atoms with van der Waals surface area (Å²) in [4.78, 5) is 12.6. The van der Waals surface area contributed by atoms with Crippen LogP contribution in [0.5, 0.6) is 0 Å². The molecule has 76 valence electrons. The Balaban J connectivity index is 3.19. The number of carbonyl (C=O) groups is 1. The molecule has 5 heteroatoms. The zero-order valence-corrected chi connectivity index (χ0v) is 9.23. The lowest BCUT2D eigenvalue weighted by molar-refractivity contribution is 0.0826. The highest BCUT2D eigenvalue weighted by atomic mass is 79.9. The number of benzene rings is 1. The summed E-state index contributed by atoms with van der Waals surface area (Å²) in [6, 6.07) is 1.99. The van der Waals surface area contributed by atoms with E-state index in [1.54, 1.807) is 0 Å². The Morgan fingerprint density at radius 1 is 1.29 bits per heavy atom. The Morgan fingerprint density at radius 3 is 2.07 bits per heavy atom. The van der Waals surface area contributed by atoms with Gasteiger partial charge in [-0.1, -0.05) is 0 Å². The summed E-state index contributed by atoms with van der Waals surface area (Å²) in [7, 11) is 3.03. The Bertz CT molecular complexity index is 356. The molecule has 0 heterocycles. The molecular weight excluding hydrogens is 256 g/mol. The molecule has 0 spiro atoms. The van der Waals surface area contributed by atoms with Crippen LogP contribution >= 0.6 is 15.9 Å². The molecule has 0 saturated carbocycles. The Hall–Kier alpha value is -0.970. The second-order valence-electron chi connectivity index (χ2n) is 2.95. The summed E-state index contributed by atoms with van der Waals surface area (Å²) in [6.07, 6.45) is 0. The lowest BCUT2D eigenvalue weighted by atomic mass is 10.2. The standard InChI is InChI=1S/C9H8BrF2NO/c1-13(2)9(14)5-3-6(11)8(10)7(12)4-5/h3-4H,1-2H3. The fourth-order valence-electron chi connectivity index (χ4n) is 0.937. The summed E-state index contributed by atoms with van der Waals surface area (Å²) in [6.45, 7) is 0. The molecule has 0 aliphatic rings. The summed E-state index contributed by atoms with van der Waals surface area (Å²) in [5.74, 6) is -2.00. The smallest absolute Gasteiger partial charge is 0.253 e. The van der Waals surface area contributed by atoms with Gasteiger partial charge in [-0.2, -0.15) is 0 Å². The van der Waals surface area contributed by atoms with Crippen molar-refractivity contribution in [3.63, 3.8) is 0 Å². The summed E-state index contributed by atoms with van der Waals surface area (Å²) >= 11 is 2.72. The van der Waals surface area contributed by atoms with Crippen molar-refractivity contribution in [2.75, 3.05) is 14.1 Å². The van der Waals surface area contributed by atoms with E-state index in [4.69, 9.17) is 0 Å². The number of halogens is 3. The first kappa shape index (κ1) is 11.1. The molecule has 1 rings (SSSR count). The third kappa shape index (κ3) is 2.09. The highest BCUT2D eigenvalue weighted by molar-refractivity contribution is 9.10. The Kier molecular flexibility index (Phi) is 3.21. The van der Waals surface area contributed by atoms with Gasteiger partial charge in [-0.05, 0) is 28.1 Å². The second kappa shape index (κ2) is 4.04. The van der Waals surface area contributed by atoms with Crippen LogP contribution in [-0.4, -0.2) is 24.9 Å². The topological polar surface area (TPSA) is 20.3 Å². The number of amides is 1. The van der Waals surface area contributed by atoms with E-state index in [-0.39, 0.29) is 10.0 Å². The summed E-state index contributed by atoms with van der Waals surface area (Å²) < 4.78 is 25.8. The molecule has 1 amide bonds. The van der Waals surface area contributed by atoms with Crippen LogP contribution in [0.4, 0.5) is 8.78 Å². The molecular formula is C9H8BrF2NO. The molecule has 0 saturated heterocycles. The van der Waals surface area contributed by atoms with Gasteiger partial charge >= 0.3 is 0 Å². The minimum absolute atomic E-state index is 0.00630. The maximum atomic E-state index is 13.0. The lowest BCUT2D eigenvalue weighted by Gasteiger charge is -2.10. The van der Waals surface area contributed by atoms with Gasteiger partial charge in [-0.3, -0.25) is 4.79 Å². The van der Waals surface area contributed by atoms with Crippen LogP contribution in [-0.2, 0) is 0 Å². The van der Waals surface area contributed by atoms with E-state index in [9.17, 15) is 13.6 Å². The number of hydrogen-bond acceptors (Lipinski definition) is 1. The predicted octanol–water partition coefficient (Wildman–Crippen LogP) is 2.43. The predicted molar refractivity (Wildman–Crippen MR) is 52.1 cm³/mol. The van der Waals surface area contributed by atoms with E-state index in [0.29, 0.717) is 0 Å². The third-order valence-corrected chi connectivity index (χ3v) is 2.39. The van der Waals surface area contributed by atoms with Gasteiger partial charge in [0.15, 0.2) is 0 Å². The first-order valence-electron chi connectivity index (χ1n) is 3.79. The van der Waals surface area contributed by atoms with E-state index < -0.39 is 17.5 Å². The van der Waals surface area contributed by atoms with Gasteiger partial charge in [0.05, 0.1) is 4.47 Å². The van der Waals surface area contributed by atoms with Crippen LogP contribution in [0.2, 0.25) is 0 Å². The number of rotatable bonds is 1. The summed E-state index contributed by atoms with van der Waals surface area (Å²) in [5, 5.41) is 0.